The molecule has 314 valence electrons. The second-order valence-electron chi connectivity index (χ2n) is 14.2. The molecule has 1 unspecified atom stereocenters. The highest BCUT2D eigenvalue weighted by Gasteiger charge is 2.28. The summed E-state index contributed by atoms with van der Waals surface area (Å²) in [6.45, 7) is 2.64. The Labute approximate surface area is 327 Å². The van der Waals surface area contributed by atoms with Crippen molar-refractivity contribution in [3.05, 3.63) is 36.5 Å². The molecular formula is C42H76NO10P. The van der Waals surface area contributed by atoms with Gasteiger partial charge in [-0.15, -0.1) is 0 Å². The molecular weight excluding hydrogens is 709 g/mol. The first-order valence-electron chi connectivity index (χ1n) is 21.1. The minimum Gasteiger partial charge on any atom is -0.480 e. The van der Waals surface area contributed by atoms with E-state index in [1.807, 2.05) is 12.2 Å². The Bertz CT molecular complexity index is 1060. The van der Waals surface area contributed by atoms with Crippen LogP contribution >= 0.6 is 7.82 Å². The SMILES string of the molecule is CCCCCCCCCCCCC/C=C/C=C/C(=O)OC[C@H](COP(=O)(O)OC[C@H](N)C(=O)O)OC(=O)CC/C=C/CCCCCCCCCCCCC. The Hall–Kier alpha value is -2.30. The Kier molecular flexibility index (Phi) is 36.0. The zero-order chi connectivity index (χ0) is 40.0. The number of hydrogen-bond donors (Lipinski definition) is 3. The minimum atomic E-state index is -4.74. The highest BCUT2D eigenvalue weighted by atomic mass is 31.2. The third-order valence-electron chi connectivity index (χ3n) is 8.98. The van der Waals surface area contributed by atoms with Gasteiger partial charge in [0.2, 0.25) is 0 Å². The molecule has 0 heterocycles. The fourth-order valence-electron chi connectivity index (χ4n) is 5.64. The van der Waals surface area contributed by atoms with E-state index in [0.717, 1.165) is 25.7 Å². The van der Waals surface area contributed by atoms with E-state index in [0.29, 0.717) is 6.42 Å². The number of aliphatic carboxylic acids is 1. The average Bonchev–Trinajstić information content (AvgIpc) is 3.14. The number of ether oxygens (including phenoxy) is 2. The Morgan fingerprint density at radius 3 is 1.56 bits per heavy atom. The smallest absolute Gasteiger partial charge is 0.472 e. The van der Waals surface area contributed by atoms with Crippen molar-refractivity contribution in [2.75, 3.05) is 19.8 Å². The van der Waals surface area contributed by atoms with Crippen LogP contribution in [0.1, 0.15) is 181 Å². The first kappa shape index (κ1) is 51.7. The van der Waals surface area contributed by atoms with E-state index in [1.54, 1.807) is 12.2 Å². The summed E-state index contributed by atoms with van der Waals surface area (Å²) in [6.07, 6.45) is 40.0. The molecule has 0 saturated carbocycles. The van der Waals surface area contributed by atoms with Crippen LogP contribution in [0.25, 0.3) is 0 Å². The van der Waals surface area contributed by atoms with E-state index in [4.69, 9.17) is 24.8 Å². The van der Waals surface area contributed by atoms with E-state index in [1.165, 1.54) is 134 Å². The molecule has 4 N–H and O–H groups in total. The van der Waals surface area contributed by atoms with E-state index < -0.39 is 57.7 Å². The van der Waals surface area contributed by atoms with Crippen molar-refractivity contribution in [2.24, 2.45) is 5.73 Å². The molecule has 54 heavy (non-hydrogen) atoms. The maximum absolute atomic E-state index is 12.6. The van der Waals surface area contributed by atoms with Crippen molar-refractivity contribution in [3.63, 3.8) is 0 Å². The van der Waals surface area contributed by atoms with E-state index >= 15 is 0 Å². The lowest BCUT2D eigenvalue weighted by Crippen LogP contribution is -2.34. The largest absolute Gasteiger partial charge is 0.480 e. The summed E-state index contributed by atoms with van der Waals surface area (Å²) in [5.74, 6) is -2.70. The third kappa shape index (κ3) is 36.7. The summed E-state index contributed by atoms with van der Waals surface area (Å²) in [6, 6.07) is -1.54. The van der Waals surface area contributed by atoms with Gasteiger partial charge in [-0.3, -0.25) is 18.6 Å². The third-order valence-corrected chi connectivity index (χ3v) is 9.93. The van der Waals surface area contributed by atoms with Crippen molar-refractivity contribution < 1.29 is 47.5 Å². The van der Waals surface area contributed by atoms with Gasteiger partial charge in [0.1, 0.15) is 12.6 Å². The molecule has 0 aromatic heterocycles. The van der Waals surface area contributed by atoms with Crippen molar-refractivity contribution >= 4 is 25.7 Å². The van der Waals surface area contributed by atoms with Crippen LogP contribution < -0.4 is 5.73 Å². The molecule has 0 aromatic rings. The van der Waals surface area contributed by atoms with Crippen LogP contribution in [0.4, 0.5) is 0 Å². The predicted octanol–water partition coefficient (Wildman–Crippen LogP) is 10.8. The molecule has 0 rings (SSSR count). The summed E-state index contributed by atoms with van der Waals surface area (Å²) in [5.41, 5.74) is 5.32. The van der Waals surface area contributed by atoms with Gasteiger partial charge < -0.3 is 25.2 Å². The van der Waals surface area contributed by atoms with Crippen LogP contribution in [0, 0.1) is 0 Å². The Morgan fingerprint density at radius 2 is 1.06 bits per heavy atom. The van der Waals surface area contributed by atoms with Crippen LogP contribution in [-0.2, 0) is 37.5 Å². The van der Waals surface area contributed by atoms with E-state index in [-0.39, 0.29) is 6.42 Å². The lowest BCUT2D eigenvalue weighted by molar-refractivity contribution is -0.159. The van der Waals surface area contributed by atoms with Gasteiger partial charge in [0.05, 0.1) is 13.2 Å². The zero-order valence-electron chi connectivity index (χ0n) is 33.8. The molecule has 11 nitrogen and oxygen atoms in total. The lowest BCUT2D eigenvalue weighted by Gasteiger charge is -2.20. The second-order valence-corrected chi connectivity index (χ2v) is 15.6. The van der Waals surface area contributed by atoms with Gasteiger partial charge in [-0.05, 0) is 32.1 Å². The van der Waals surface area contributed by atoms with E-state index in [2.05, 4.69) is 24.4 Å². The average molecular weight is 786 g/mol. The van der Waals surface area contributed by atoms with Crippen molar-refractivity contribution in [3.8, 4) is 0 Å². The molecule has 0 radical (unpaired) electrons. The van der Waals surface area contributed by atoms with Gasteiger partial charge in [0.25, 0.3) is 0 Å². The summed E-state index contributed by atoms with van der Waals surface area (Å²) >= 11 is 0. The number of phosphoric ester groups is 1. The second kappa shape index (κ2) is 37.6. The molecule has 0 aromatic carbocycles. The molecule has 0 fully saturated rings. The number of nitrogens with two attached hydrogens (primary N) is 1. The van der Waals surface area contributed by atoms with Gasteiger partial charge in [-0.2, -0.15) is 0 Å². The van der Waals surface area contributed by atoms with Crippen LogP contribution in [0.5, 0.6) is 0 Å². The minimum absolute atomic E-state index is 0.0593. The standard InChI is InChI=1S/C42H76NO10P/c1-3-5-7-9-11-13-15-17-19-21-23-25-27-29-31-33-40(44)50-35-38(36-51-54(48,49)52-37-39(43)42(46)47)53-41(45)34-32-30-28-26-24-22-20-18-16-14-12-10-8-6-4-2/h27-31,33,38-39H,3-26,32,34-37,43H2,1-2H3,(H,46,47)(H,48,49)/b29-27+,30-28+,33-31+/t38-,39+/m1/s1. The lowest BCUT2D eigenvalue weighted by atomic mass is 10.1. The summed E-state index contributed by atoms with van der Waals surface area (Å²) in [4.78, 5) is 45.7. The Morgan fingerprint density at radius 1 is 0.611 bits per heavy atom. The summed E-state index contributed by atoms with van der Waals surface area (Å²) < 4.78 is 32.4. The van der Waals surface area contributed by atoms with E-state index in [9.17, 15) is 23.8 Å². The summed E-state index contributed by atoms with van der Waals surface area (Å²) in [5, 5.41) is 8.87. The maximum atomic E-state index is 12.6. The summed E-state index contributed by atoms with van der Waals surface area (Å²) in [7, 11) is -4.74. The number of carboxylic acid groups (broad SMARTS) is 1. The first-order valence-corrected chi connectivity index (χ1v) is 22.6. The number of carboxylic acids is 1. The van der Waals surface area contributed by atoms with Gasteiger partial charge in [-0.1, -0.05) is 173 Å². The fraction of sp³-hybridized carbons (Fsp3) is 0.786. The molecule has 0 spiro atoms. The number of phosphoric acid groups is 1. The van der Waals surface area contributed by atoms with Crippen LogP contribution in [0.15, 0.2) is 36.5 Å². The highest BCUT2D eigenvalue weighted by molar-refractivity contribution is 7.47. The van der Waals surface area contributed by atoms with Crippen molar-refractivity contribution in [1.29, 1.82) is 0 Å². The first-order chi connectivity index (χ1) is 26.1. The van der Waals surface area contributed by atoms with Gasteiger partial charge >= 0.3 is 25.7 Å². The normalized spacial score (nSPS) is 14.1. The molecule has 0 amide bonds. The maximum Gasteiger partial charge on any atom is 0.472 e. The Balaban J connectivity index is 4.52. The molecule has 12 heteroatoms. The zero-order valence-corrected chi connectivity index (χ0v) is 34.7. The molecule has 0 bridgehead atoms. The number of rotatable bonds is 39. The van der Waals surface area contributed by atoms with Crippen LogP contribution in [-0.4, -0.2) is 59.9 Å². The monoisotopic (exact) mass is 786 g/mol. The number of unbranched alkanes of at least 4 members (excludes halogenated alkanes) is 22. The number of carbonyl (C=O) groups is 3. The van der Waals surface area contributed by atoms with Crippen LogP contribution in [0.3, 0.4) is 0 Å². The van der Waals surface area contributed by atoms with Gasteiger partial charge in [-0.25, -0.2) is 9.36 Å². The van der Waals surface area contributed by atoms with Crippen molar-refractivity contribution in [1.82, 2.24) is 0 Å². The predicted molar refractivity (Wildman–Crippen MR) is 217 cm³/mol. The quantitative estimate of drug-likeness (QED) is 0.0135. The van der Waals surface area contributed by atoms with Crippen LogP contribution in [0.2, 0.25) is 0 Å². The molecule has 3 atom stereocenters. The number of allylic oxidation sites excluding steroid dienone is 5. The molecule has 0 aliphatic carbocycles. The highest BCUT2D eigenvalue weighted by Crippen LogP contribution is 2.43. The molecule has 0 aliphatic heterocycles. The van der Waals surface area contributed by atoms with Gasteiger partial charge in [0.15, 0.2) is 6.10 Å². The topological polar surface area (TPSA) is 172 Å². The molecule has 0 aliphatic rings. The molecule has 0 saturated heterocycles. The number of hydrogen-bond acceptors (Lipinski definition) is 9. The fourth-order valence-corrected chi connectivity index (χ4v) is 6.42. The number of esters is 2. The number of carbonyl (C=O) groups excluding carboxylic acids is 2. The van der Waals surface area contributed by atoms with Gasteiger partial charge in [0, 0.05) is 12.5 Å². The van der Waals surface area contributed by atoms with Crippen molar-refractivity contribution in [2.45, 2.75) is 193 Å².